The third-order valence-electron chi connectivity index (χ3n) is 3.39. The molecule has 0 unspecified atom stereocenters. The minimum Gasteiger partial charge on any atom is -0.350 e. The van der Waals surface area contributed by atoms with Crippen molar-refractivity contribution >= 4 is 28.9 Å². The number of carbonyl (C=O) groups is 3. The van der Waals surface area contributed by atoms with Gasteiger partial charge >= 0.3 is 0 Å². The maximum Gasteiger partial charge on any atom is 0.254 e. The Kier molecular flexibility index (Phi) is 5.74. The van der Waals surface area contributed by atoms with E-state index in [2.05, 4.69) is 5.32 Å². The molecule has 0 saturated carbocycles. The SMILES string of the molecule is CN(CC(=O)NC(C)(C)C)C(=O)c1ccccc1C(=O)c1cccs1. The summed E-state index contributed by atoms with van der Waals surface area (Å²) in [6.07, 6.45) is 0. The number of rotatable bonds is 5. The van der Waals surface area contributed by atoms with Gasteiger partial charge in [-0.2, -0.15) is 0 Å². The van der Waals surface area contributed by atoms with Gasteiger partial charge in [0.05, 0.1) is 17.0 Å². The van der Waals surface area contributed by atoms with Gasteiger partial charge in [-0.15, -0.1) is 11.3 Å². The molecule has 2 aromatic rings. The van der Waals surface area contributed by atoms with E-state index in [0.29, 0.717) is 16.0 Å². The predicted octanol–water partition coefficient (Wildman–Crippen LogP) is 2.97. The van der Waals surface area contributed by atoms with Crippen LogP contribution in [0.1, 0.15) is 46.4 Å². The molecule has 0 aliphatic rings. The third-order valence-corrected chi connectivity index (χ3v) is 4.26. The van der Waals surface area contributed by atoms with Crippen LogP contribution in [0.15, 0.2) is 41.8 Å². The number of carbonyl (C=O) groups excluding carboxylic acids is 3. The van der Waals surface area contributed by atoms with E-state index in [1.165, 1.54) is 16.2 Å². The molecule has 1 N–H and O–H groups in total. The molecule has 0 atom stereocenters. The molecule has 25 heavy (non-hydrogen) atoms. The van der Waals surface area contributed by atoms with Crippen LogP contribution >= 0.6 is 11.3 Å². The zero-order valence-corrected chi connectivity index (χ0v) is 15.6. The summed E-state index contributed by atoms with van der Waals surface area (Å²) in [5, 5.41) is 4.64. The average molecular weight is 358 g/mol. The summed E-state index contributed by atoms with van der Waals surface area (Å²) >= 11 is 1.33. The summed E-state index contributed by atoms with van der Waals surface area (Å²) in [4.78, 5) is 39.3. The average Bonchev–Trinajstić information content (AvgIpc) is 3.06. The van der Waals surface area contributed by atoms with Gasteiger partial charge in [0.25, 0.3) is 5.91 Å². The van der Waals surface area contributed by atoms with E-state index in [1.54, 1.807) is 43.4 Å². The van der Waals surface area contributed by atoms with Gasteiger partial charge in [0, 0.05) is 18.2 Å². The van der Waals surface area contributed by atoms with Gasteiger partial charge in [-0.1, -0.05) is 24.3 Å². The Balaban J connectivity index is 2.19. The highest BCUT2D eigenvalue weighted by molar-refractivity contribution is 7.12. The molecule has 0 spiro atoms. The van der Waals surface area contributed by atoms with Crippen molar-refractivity contribution in [1.29, 1.82) is 0 Å². The minimum atomic E-state index is -0.367. The Bertz CT molecular complexity index is 776. The Morgan fingerprint density at radius 1 is 1.04 bits per heavy atom. The second-order valence-electron chi connectivity index (χ2n) is 6.81. The number of nitrogens with zero attached hydrogens (tertiary/aromatic N) is 1. The Labute approximate surface area is 151 Å². The van der Waals surface area contributed by atoms with Gasteiger partial charge in [-0.25, -0.2) is 0 Å². The first-order valence-corrected chi connectivity index (χ1v) is 8.81. The lowest BCUT2D eigenvalue weighted by atomic mass is 10.0. The van der Waals surface area contributed by atoms with Crippen LogP contribution in [0.4, 0.5) is 0 Å². The highest BCUT2D eigenvalue weighted by Crippen LogP contribution is 2.19. The summed E-state index contributed by atoms with van der Waals surface area (Å²) < 4.78 is 0. The van der Waals surface area contributed by atoms with Crippen molar-refractivity contribution in [3.63, 3.8) is 0 Å². The molecule has 1 aromatic heterocycles. The number of ketones is 1. The summed E-state index contributed by atoms with van der Waals surface area (Å²) in [6.45, 7) is 5.56. The van der Waals surface area contributed by atoms with E-state index in [1.807, 2.05) is 26.2 Å². The van der Waals surface area contributed by atoms with E-state index in [-0.39, 0.29) is 29.7 Å². The standard InChI is InChI=1S/C19H22N2O3S/c1-19(2,3)20-16(22)12-21(4)18(24)14-9-6-5-8-13(14)17(23)15-10-7-11-25-15/h5-11H,12H2,1-4H3,(H,20,22). The zero-order valence-electron chi connectivity index (χ0n) is 14.8. The van der Waals surface area contributed by atoms with Gasteiger partial charge in [0.2, 0.25) is 11.7 Å². The number of hydrogen-bond donors (Lipinski definition) is 1. The molecule has 0 radical (unpaired) electrons. The summed E-state index contributed by atoms with van der Waals surface area (Å²) in [7, 11) is 1.55. The Morgan fingerprint density at radius 2 is 1.68 bits per heavy atom. The maximum atomic E-state index is 12.7. The largest absolute Gasteiger partial charge is 0.350 e. The molecule has 0 fully saturated rings. The third kappa shape index (κ3) is 5.00. The van der Waals surface area contributed by atoms with E-state index >= 15 is 0 Å². The lowest BCUT2D eigenvalue weighted by molar-refractivity contribution is -0.122. The highest BCUT2D eigenvalue weighted by Gasteiger charge is 2.23. The molecule has 132 valence electrons. The van der Waals surface area contributed by atoms with Crippen molar-refractivity contribution in [2.24, 2.45) is 0 Å². The number of likely N-dealkylation sites (N-methyl/N-ethyl adjacent to an activating group) is 1. The molecule has 0 aliphatic carbocycles. The van der Waals surface area contributed by atoms with Crippen LogP contribution in [0, 0.1) is 0 Å². The fourth-order valence-corrected chi connectivity index (χ4v) is 3.04. The lowest BCUT2D eigenvalue weighted by Gasteiger charge is -2.23. The summed E-state index contributed by atoms with van der Waals surface area (Å²) in [6, 6.07) is 10.2. The number of hydrogen-bond acceptors (Lipinski definition) is 4. The monoisotopic (exact) mass is 358 g/mol. The van der Waals surface area contributed by atoms with Crippen LogP contribution in [0.5, 0.6) is 0 Å². The summed E-state index contributed by atoms with van der Waals surface area (Å²) in [5.74, 6) is -0.790. The normalized spacial score (nSPS) is 11.0. The van der Waals surface area contributed by atoms with Crippen molar-refractivity contribution in [2.45, 2.75) is 26.3 Å². The number of amides is 2. The Morgan fingerprint density at radius 3 is 2.24 bits per heavy atom. The number of benzene rings is 1. The van der Waals surface area contributed by atoms with Crippen LogP contribution in [-0.4, -0.2) is 41.6 Å². The first kappa shape index (κ1) is 18.9. The fourth-order valence-electron chi connectivity index (χ4n) is 2.36. The first-order valence-electron chi connectivity index (χ1n) is 7.93. The van der Waals surface area contributed by atoms with Gasteiger partial charge < -0.3 is 10.2 Å². The van der Waals surface area contributed by atoms with Crippen molar-refractivity contribution < 1.29 is 14.4 Å². The molecule has 6 heteroatoms. The topological polar surface area (TPSA) is 66.5 Å². The summed E-state index contributed by atoms with van der Waals surface area (Å²) in [5.41, 5.74) is 0.276. The lowest BCUT2D eigenvalue weighted by Crippen LogP contribution is -2.46. The van der Waals surface area contributed by atoms with Crippen molar-refractivity contribution in [3.05, 3.63) is 57.8 Å². The molecular formula is C19H22N2O3S. The van der Waals surface area contributed by atoms with Crippen molar-refractivity contribution in [2.75, 3.05) is 13.6 Å². The molecule has 1 heterocycles. The van der Waals surface area contributed by atoms with Crippen LogP contribution in [0.3, 0.4) is 0 Å². The zero-order chi connectivity index (χ0) is 18.6. The second-order valence-corrected chi connectivity index (χ2v) is 7.76. The molecule has 0 saturated heterocycles. The van der Waals surface area contributed by atoms with E-state index in [0.717, 1.165) is 0 Å². The van der Waals surface area contributed by atoms with Crippen molar-refractivity contribution in [3.8, 4) is 0 Å². The minimum absolute atomic E-state index is 0.0718. The Hall–Kier alpha value is -2.47. The molecule has 2 amide bonds. The molecular weight excluding hydrogens is 336 g/mol. The second kappa shape index (κ2) is 7.61. The maximum absolute atomic E-state index is 12.7. The quantitative estimate of drug-likeness (QED) is 0.836. The van der Waals surface area contributed by atoms with Crippen LogP contribution < -0.4 is 5.32 Å². The van der Waals surface area contributed by atoms with E-state index < -0.39 is 0 Å². The van der Waals surface area contributed by atoms with Crippen LogP contribution in [0.25, 0.3) is 0 Å². The first-order chi connectivity index (χ1) is 11.7. The van der Waals surface area contributed by atoms with Gasteiger partial charge in [0.15, 0.2) is 0 Å². The smallest absolute Gasteiger partial charge is 0.254 e. The fraction of sp³-hybridized carbons (Fsp3) is 0.316. The highest BCUT2D eigenvalue weighted by atomic mass is 32.1. The van der Waals surface area contributed by atoms with E-state index in [9.17, 15) is 14.4 Å². The van der Waals surface area contributed by atoms with Crippen molar-refractivity contribution in [1.82, 2.24) is 10.2 Å². The van der Waals surface area contributed by atoms with Gasteiger partial charge in [-0.3, -0.25) is 14.4 Å². The molecule has 0 aliphatic heterocycles. The van der Waals surface area contributed by atoms with Gasteiger partial charge in [-0.05, 0) is 38.3 Å². The molecule has 0 bridgehead atoms. The predicted molar refractivity (Wildman–Crippen MR) is 99.0 cm³/mol. The molecule has 2 rings (SSSR count). The molecule has 5 nitrogen and oxygen atoms in total. The van der Waals surface area contributed by atoms with Crippen LogP contribution in [-0.2, 0) is 4.79 Å². The van der Waals surface area contributed by atoms with Gasteiger partial charge in [0.1, 0.15) is 0 Å². The number of thiophene rings is 1. The van der Waals surface area contributed by atoms with E-state index in [4.69, 9.17) is 0 Å². The van der Waals surface area contributed by atoms with Crippen LogP contribution in [0.2, 0.25) is 0 Å². The number of nitrogens with one attached hydrogen (secondary N) is 1. The molecule has 1 aromatic carbocycles.